The van der Waals surface area contributed by atoms with Crippen LogP contribution in [0.5, 0.6) is 0 Å². The van der Waals surface area contributed by atoms with Crippen LogP contribution in [-0.4, -0.2) is 16.0 Å². The van der Waals surface area contributed by atoms with Crippen molar-refractivity contribution < 1.29 is 5.11 Å². The lowest BCUT2D eigenvalue weighted by Gasteiger charge is -2.25. The summed E-state index contributed by atoms with van der Waals surface area (Å²) < 4.78 is 0.111. The first-order chi connectivity index (χ1) is 10.4. The Bertz CT molecular complexity index is 598. The van der Waals surface area contributed by atoms with E-state index in [1.54, 1.807) is 11.8 Å². The van der Waals surface area contributed by atoms with Crippen molar-refractivity contribution in [3.8, 4) is 0 Å². The van der Waals surface area contributed by atoms with Crippen LogP contribution in [0.1, 0.15) is 37.9 Å². The second kappa shape index (κ2) is 8.74. The molecule has 2 atom stereocenters. The molecule has 2 rings (SSSR count). The largest absolute Gasteiger partial charge is 0.391 e. The third-order valence-electron chi connectivity index (χ3n) is 3.40. The monoisotopic (exact) mass is 351 g/mol. The van der Waals surface area contributed by atoms with Crippen LogP contribution in [0.25, 0.3) is 0 Å². The van der Waals surface area contributed by atoms with Gasteiger partial charge in [-0.1, -0.05) is 69.3 Å². The van der Waals surface area contributed by atoms with Crippen molar-refractivity contribution in [3.63, 3.8) is 0 Å². The molecule has 0 heterocycles. The summed E-state index contributed by atoms with van der Waals surface area (Å²) in [4.78, 5) is 1.15. The topological polar surface area (TPSA) is 46.2 Å². The molecule has 2 nitrogen and oxygen atoms in total. The van der Waals surface area contributed by atoms with Gasteiger partial charge in [0.25, 0.3) is 0 Å². The predicted molar refractivity (Wildman–Crippen MR) is 102 cm³/mol. The van der Waals surface area contributed by atoms with E-state index in [9.17, 15) is 5.11 Å². The lowest BCUT2D eigenvalue weighted by Crippen LogP contribution is -2.28. The Labute approximate surface area is 149 Å². The smallest absolute Gasteiger partial charge is 0.0773 e. The number of benzene rings is 2. The Hall–Kier alpha value is -1.00. The third kappa shape index (κ3) is 6.19. The van der Waals surface area contributed by atoms with Gasteiger partial charge in [0.05, 0.1) is 12.1 Å². The summed E-state index contributed by atoms with van der Waals surface area (Å²) in [7, 11) is 0. The molecular weight excluding hydrogens is 326 g/mol. The summed E-state index contributed by atoms with van der Waals surface area (Å²) in [6.07, 6.45) is -0.0274. The molecule has 0 aliphatic heterocycles. The quantitative estimate of drug-likeness (QED) is 0.774. The molecule has 2 aromatic rings. The summed E-state index contributed by atoms with van der Waals surface area (Å²) >= 11 is 1.79. The van der Waals surface area contributed by atoms with Crippen molar-refractivity contribution in [3.05, 3.63) is 65.7 Å². The maximum atomic E-state index is 10.5. The van der Waals surface area contributed by atoms with E-state index in [0.717, 1.165) is 16.0 Å². The number of nitrogens with two attached hydrogens (primary N) is 1. The van der Waals surface area contributed by atoms with Gasteiger partial charge in [0, 0.05) is 16.1 Å². The molecule has 0 saturated heterocycles. The highest BCUT2D eigenvalue weighted by Crippen LogP contribution is 2.36. The van der Waals surface area contributed by atoms with Gasteiger partial charge in [-0.15, -0.1) is 24.2 Å². The number of rotatable bonds is 5. The van der Waals surface area contributed by atoms with Gasteiger partial charge in [-0.3, -0.25) is 0 Å². The van der Waals surface area contributed by atoms with Crippen LogP contribution in [0.2, 0.25) is 0 Å². The fourth-order valence-corrected chi connectivity index (χ4v) is 3.50. The van der Waals surface area contributed by atoms with E-state index in [1.165, 1.54) is 0 Å². The minimum atomic E-state index is -0.593. The standard InChI is InChI=1S/C19H25NOS.ClH/c1-19(2,3)22-17-12-8-7-11-15(17)18(20)16(21)13-14-9-5-4-6-10-14;/h4-12,16,18,21H,13,20H2,1-3H3;1H/t16-,18+;/m0./s1. The predicted octanol–water partition coefficient (Wildman–Crippen LogP) is 4.60. The number of aliphatic hydroxyl groups is 1. The van der Waals surface area contributed by atoms with Gasteiger partial charge in [-0.25, -0.2) is 0 Å². The Kier molecular flexibility index (Phi) is 7.62. The zero-order valence-corrected chi connectivity index (χ0v) is 15.5. The van der Waals surface area contributed by atoms with Gasteiger partial charge in [0.2, 0.25) is 0 Å². The van der Waals surface area contributed by atoms with Gasteiger partial charge in [0.1, 0.15) is 0 Å². The van der Waals surface area contributed by atoms with E-state index in [-0.39, 0.29) is 23.2 Å². The normalized spacial score (nSPS) is 14.0. The Morgan fingerprint density at radius 1 is 1.00 bits per heavy atom. The van der Waals surface area contributed by atoms with Crippen LogP contribution in [-0.2, 0) is 6.42 Å². The van der Waals surface area contributed by atoms with Crippen molar-refractivity contribution in [2.24, 2.45) is 5.73 Å². The molecule has 23 heavy (non-hydrogen) atoms. The fraction of sp³-hybridized carbons (Fsp3) is 0.368. The second-order valence-corrected chi connectivity index (χ2v) is 8.40. The fourth-order valence-electron chi connectivity index (χ4n) is 2.37. The van der Waals surface area contributed by atoms with Crippen LogP contribution in [0.4, 0.5) is 0 Å². The molecule has 4 heteroatoms. The Balaban J connectivity index is 0.00000264. The molecule has 3 N–H and O–H groups in total. The molecule has 2 aromatic carbocycles. The number of halogens is 1. The van der Waals surface area contributed by atoms with Crippen molar-refractivity contribution >= 4 is 24.2 Å². The minimum absolute atomic E-state index is 0. The number of hydrogen-bond acceptors (Lipinski definition) is 3. The van der Waals surface area contributed by atoms with Crippen LogP contribution in [0.15, 0.2) is 59.5 Å². The van der Waals surface area contributed by atoms with Gasteiger partial charge < -0.3 is 10.8 Å². The van der Waals surface area contributed by atoms with Gasteiger partial charge >= 0.3 is 0 Å². The van der Waals surface area contributed by atoms with E-state index in [4.69, 9.17) is 5.73 Å². The maximum Gasteiger partial charge on any atom is 0.0773 e. The second-order valence-electron chi connectivity index (χ2n) is 6.54. The molecule has 0 fully saturated rings. The average Bonchev–Trinajstić information content (AvgIpc) is 2.46. The summed E-state index contributed by atoms with van der Waals surface area (Å²) in [6, 6.07) is 17.7. The Morgan fingerprint density at radius 2 is 1.57 bits per heavy atom. The average molecular weight is 352 g/mol. The molecule has 0 aliphatic rings. The molecule has 0 radical (unpaired) electrons. The van der Waals surface area contributed by atoms with Crippen LogP contribution >= 0.6 is 24.2 Å². The van der Waals surface area contributed by atoms with Crippen molar-refractivity contribution in [2.75, 3.05) is 0 Å². The molecule has 0 saturated carbocycles. The van der Waals surface area contributed by atoms with Gasteiger partial charge in [0.15, 0.2) is 0 Å². The van der Waals surface area contributed by atoms with Crippen molar-refractivity contribution in [1.29, 1.82) is 0 Å². The van der Waals surface area contributed by atoms with Gasteiger partial charge in [-0.2, -0.15) is 0 Å². The number of hydrogen-bond donors (Lipinski definition) is 2. The van der Waals surface area contributed by atoms with Gasteiger partial charge in [-0.05, 0) is 17.2 Å². The molecule has 0 aromatic heterocycles. The first-order valence-electron chi connectivity index (χ1n) is 7.62. The first-order valence-corrected chi connectivity index (χ1v) is 8.44. The molecule has 0 unspecified atom stereocenters. The molecule has 0 amide bonds. The highest BCUT2D eigenvalue weighted by molar-refractivity contribution is 8.00. The molecule has 126 valence electrons. The molecule has 0 spiro atoms. The van der Waals surface area contributed by atoms with Crippen LogP contribution in [0, 0.1) is 0 Å². The highest BCUT2D eigenvalue weighted by Gasteiger charge is 2.22. The lowest BCUT2D eigenvalue weighted by molar-refractivity contribution is 0.144. The SMILES string of the molecule is CC(C)(C)Sc1ccccc1[C@@H](N)[C@@H](O)Cc1ccccc1.Cl. The summed E-state index contributed by atoms with van der Waals surface area (Å²) in [6.45, 7) is 6.54. The van der Waals surface area contributed by atoms with Crippen molar-refractivity contribution in [2.45, 2.75) is 49.0 Å². The van der Waals surface area contributed by atoms with E-state index < -0.39 is 6.10 Å². The van der Waals surface area contributed by atoms with Crippen LogP contribution < -0.4 is 5.73 Å². The van der Waals surface area contributed by atoms with E-state index in [1.807, 2.05) is 48.5 Å². The number of thioether (sulfide) groups is 1. The molecule has 0 aliphatic carbocycles. The van der Waals surface area contributed by atoms with E-state index >= 15 is 0 Å². The minimum Gasteiger partial charge on any atom is -0.391 e. The third-order valence-corrected chi connectivity index (χ3v) is 4.60. The Morgan fingerprint density at radius 3 is 2.17 bits per heavy atom. The first kappa shape index (κ1) is 20.0. The summed E-state index contributed by atoms with van der Waals surface area (Å²) in [5, 5.41) is 10.5. The van der Waals surface area contributed by atoms with Crippen LogP contribution in [0.3, 0.4) is 0 Å². The summed E-state index contributed by atoms with van der Waals surface area (Å²) in [5.41, 5.74) is 8.47. The lowest BCUT2D eigenvalue weighted by atomic mass is 9.97. The maximum absolute atomic E-state index is 10.5. The zero-order valence-electron chi connectivity index (χ0n) is 13.9. The number of aliphatic hydroxyl groups excluding tert-OH is 1. The van der Waals surface area contributed by atoms with Crippen molar-refractivity contribution in [1.82, 2.24) is 0 Å². The zero-order chi connectivity index (χ0) is 16.2. The van der Waals surface area contributed by atoms with E-state index in [0.29, 0.717) is 6.42 Å². The van der Waals surface area contributed by atoms with E-state index in [2.05, 4.69) is 26.8 Å². The summed E-state index contributed by atoms with van der Waals surface area (Å²) in [5.74, 6) is 0. The molecular formula is C19H26ClNOS. The highest BCUT2D eigenvalue weighted by atomic mass is 35.5. The molecule has 0 bridgehead atoms.